The molecule has 0 fully saturated rings. The molecule has 0 saturated carbocycles. The summed E-state index contributed by atoms with van der Waals surface area (Å²) in [5, 5.41) is 0. The molecule has 2 N–H and O–H groups in total. The van der Waals surface area contributed by atoms with Gasteiger partial charge in [-0.25, -0.2) is 4.39 Å². The highest BCUT2D eigenvalue weighted by Crippen LogP contribution is 2.24. The molecule has 0 unspecified atom stereocenters. The van der Waals surface area contributed by atoms with Crippen LogP contribution in [0.4, 0.5) is 4.39 Å². The summed E-state index contributed by atoms with van der Waals surface area (Å²) < 4.78 is 23.8. The van der Waals surface area contributed by atoms with Crippen LogP contribution in [-0.4, -0.2) is 26.0 Å². The van der Waals surface area contributed by atoms with Gasteiger partial charge in [0.15, 0.2) is 0 Å². The second-order valence-electron chi connectivity index (χ2n) is 4.84. The predicted molar refractivity (Wildman–Crippen MR) is 85.3 cm³/mol. The molecule has 0 atom stereocenters. The fourth-order valence-corrected chi connectivity index (χ4v) is 2.05. The van der Waals surface area contributed by atoms with E-state index in [4.69, 9.17) is 9.47 Å². The standard InChI is InChI=1S/C17H17FN2O4/c1-23-12-8-7-11(15(10-12)24-2)9-16(21)19-20-17(22)13-5-3-4-6-14(13)18/h3-8,10H,9H2,1-2H3,(H,19,21)(H,20,22). The summed E-state index contributed by atoms with van der Waals surface area (Å²) in [7, 11) is 3.01. The van der Waals surface area contributed by atoms with Gasteiger partial charge in [0.25, 0.3) is 5.91 Å². The topological polar surface area (TPSA) is 76.7 Å². The number of carbonyl (C=O) groups excluding carboxylic acids is 2. The van der Waals surface area contributed by atoms with Gasteiger partial charge in [0.05, 0.1) is 26.2 Å². The summed E-state index contributed by atoms with van der Waals surface area (Å²) in [4.78, 5) is 23.8. The third-order valence-electron chi connectivity index (χ3n) is 3.28. The quantitative estimate of drug-likeness (QED) is 0.819. The summed E-state index contributed by atoms with van der Waals surface area (Å²) >= 11 is 0. The summed E-state index contributed by atoms with van der Waals surface area (Å²) in [6, 6.07) is 10.5. The molecule has 0 radical (unpaired) electrons. The predicted octanol–water partition coefficient (Wildman–Crippen LogP) is 1.85. The van der Waals surface area contributed by atoms with Gasteiger partial charge in [0.2, 0.25) is 5.91 Å². The zero-order chi connectivity index (χ0) is 17.5. The molecule has 126 valence electrons. The van der Waals surface area contributed by atoms with E-state index in [1.54, 1.807) is 18.2 Å². The van der Waals surface area contributed by atoms with Crippen LogP contribution in [0.15, 0.2) is 42.5 Å². The van der Waals surface area contributed by atoms with Gasteiger partial charge in [-0.3, -0.25) is 20.4 Å². The van der Waals surface area contributed by atoms with E-state index in [0.717, 1.165) is 0 Å². The molecule has 2 rings (SSSR count). The van der Waals surface area contributed by atoms with Crippen LogP contribution in [0.25, 0.3) is 0 Å². The van der Waals surface area contributed by atoms with Crippen molar-refractivity contribution in [1.29, 1.82) is 0 Å². The minimum atomic E-state index is -0.733. The summed E-state index contributed by atoms with van der Waals surface area (Å²) in [5.41, 5.74) is 4.89. The fraction of sp³-hybridized carbons (Fsp3) is 0.176. The number of nitrogens with one attached hydrogen (secondary N) is 2. The first kappa shape index (κ1) is 17.3. The minimum Gasteiger partial charge on any atom is -0.497 e. The average molecular weight is 332 g/mol. The number of hydrazine groups is 1. The fourth-order valence-electron chi connectivity index (χ4n) is 2.05. The van der Waals surface area contributed by atoms with Crippen LogP contribution in [0, 0.1) is 5.82 Å². The Balaban J connectivity index is 1.96. The lowest BCUT2D eigenvalue weighted by molar-refractivity contribution is -0.121. The normalized spacial score (nSPS) is 9.96. The molecular weight excluding hydrogens is 315 g/mol. The Hall–Kier alpha value is -3.09. The molecule has 0 aliphatic heterocycles. The van der Waals surface area contributed by atoms with Gasteiger partial charge in [-0.2, -0.15) is 0 Å². The molecule has 0 aliphatic carbocycles. The highest BCUT2D eigenvalue weighted by Gasteiger charge is 2.13. The third kappa shape index (κ3) is 4.22. The number of hydrogen-bond acceptors (Lipinski definition) is 4. The number of methoxy groups -OCH3 is 2. The Bertz CT molecular complexity index is 749. The van der Waals surface area contributed by atoms with Gasteiger partial charge in [0.1, 0.15) is 17.3 Å². The number of carbonyl (C=O) groups is 2. The number of hydrogen-bond donors (Lipinski definition) is 2. The minimum absolute atomic E-state index is 0.0231. The zero-order valence-corrected chi connectivity index (χ0v) is 13.3. The Labute approximate surface area is 138 Å². The second kappa shape index (κ2) is 7.96. The van der Waals surface area contributed by atoms with E-state index in [-0.39, 0.29) is 12.0 Å². The van der Waals surface area contributed by atoms with E-state index < -0.39 is 17.6 Å². The largest absolute Gasteiger partial charge is 0.497 e. The molecule has 0 saturated heterocycles. The van der Waals surface area contributed by atoms with Crippen molar-refractivity contribution < 1.29 is 23.5 Å². The van der Waals surface area contributed by atoms with Gasteiger partial charge in [-0.05, 0) is 18.2 Å². The number of ether oxygens (including phenoxy) is 2. The Morgan fingerprint density at radius 1 is 1.04 bits per heavy atom. The Kier molecular flexibility index (Phi) is 5.73. The van der Waals surface area contributed by atoms with Crippen LogP contribution in [0.1, 0.15) is 15.9 Å². The Morgan fingerprint density at radius 2 is 1.79 bits per heavy atom. The van der Waals surface area contributed by atoms with Gasteiger partial charge in [0, 0.05) is 11.6 Å². The first-order valence-corrected chi connectivity index (χ1v) is 7.09. The van der Waals surface area contributed by atoms with Crippen molar-refractivity contribution in [2.75, 3.05) is 14.2 Å². The van der Waals surface area contributed by atoms with E-state index in [1.165, 1.54) is 38.5 Å². The summed E-state index contributed by atoms with van der Waals surface area (Å²) in [5.74, 6) is -0.777. The van der Waals surface area contributed by atoms with E-state index in [0.29, 0.717) is 17.1 Å². The maximum Gasteiger partial charge on any atom is 0.272 e. The number of halogens is 1. The second-order valence-corrected chi connectivity index (χ2v) is 4.84. The lowest BCUT2D eigenvalue weighted by Crippen LogP contribution is -2.42. The maximum absolute atomic E-state index is 13.5. The lowest BCUT2D eigenvalue weighted by atomic mass is 10.1. The molecule has 0 spiro atoms. The van der Waals surface area contributed by atoms with Gasteiger partial charge < -0.3 is 9.47 Å². The van der Waals surface area contributed by atoms with Crippen LogP contribution in [0.2, 0.25) is 0 Å². The molecule has 0 aliphatic rings. The van der Waals surface area contributed by atoms with Crippen LogP contribution < -0.4 is 20.3 Å². The monoisotopic (exact) mass is 332 g/mol. The molecular formula is C17H17FN2O4. The molecule has 0 heterocycles. The smallest absolute Gasteiger partial charge is 0.272 e. The number of benzene rings is 2. The zero-order valence-electron chi connectivity index (χ0n) is 13.3. The van der Waals surface area contributed by atoms with Crippen LogP contribution in [-0.2, 0) is 11.2 Å². The number of amides is 2. The van der Waals surface area contributed by atoms with Crippen molar-refractivity contribution in [2.24, 2.45) is 0 Å². The molecule has 2 aromatic carbocycles. The highest BCUT2D eigenvalue weighted by molar-refractivity contribution is 5.95. The van der Waals surface area contributed by atoms with Crippen LogP contribution in [0.3, 0.4) is 0 Å². The van der Waals surface area contributed by atoms with Gasteiger partial charge in [-0.1, -0.05) is 18.2 Å². The molecule has 6 nitrogen and oxygen atoms in total. The molecule has 24 heavy (non-hydrogen) atoms. The summed E-state index contributed by atoms with van der Waals surface area (Å²) in [6.07, 6.45) is -0.0231. The van der Waals surface area contributed by atoms with E-state index in [1.807, 2.05) is 0 Å². The van der Waals surface area contributed by atoms with Crippen LogP contribution >= 0.6 is 0 Å². The SMILES string of the molecule is COc1ccc(CC(=O)NNC(=O)c2ccccc2F)c(OC)c1. The Morgan fingerprint density at radius 3 is 2.46 bits per heavy atom. The summed E-state index contributed by atoms with van der Waals surface area (Å²) in [6.45, 7) is 0. The maximum atomic E-state index is 13.5. The number of rotatable bonds is 5. The first-order valence-electron chi connectivity index (χ1n) is 7.09. The van der Waals surface area contributed by atoms with E-state index >= 15 is 0 Å². The molecule has 7 heteroatoms. The van der Waals surface area contributed by atoms with Gasteiger partial charge >= 0.3 is 0 Å². The molecule has 2 aromatic rings. The van der Waals surface area contributed by atoms with Crippen molar-refractivity contribution in [3.63, 3.8) is 0 Å². The lowest BCUT2D eigenvalue weighted by Gasteiger charge is -2.11. The van der Waals surface area contributed by atoms with Crippen molar-refractivity contribution in [3.05, 3.63) is 59.4 Å². The van der Waals surface area contributed by atoms with Crippen molar-refractivity contribution >= 4 is 11.8 Å². The van der Waals surface area contributed by atoms with Crippen molar-refractivity contribution in [2.45, 2.75) is 6.42 Å². The van der Waals surface area contributed by atoms with Gasteiger partial charge in [-0.15, -0.1) is 0 Å². The van der Waals surface area contributed by atoms with E-state index in [9.17, 15) is 14.0 Å². The molecule has 2 amide bonds. The first-order chi connectivity index (χ1) is 11.5. The average Bonchev–Trinajstić information content (AvgIpc) is 2.60. The molecule has 0 aromatic heterocycles. The molecule has 0 bridgehead atoms. The van der Waals surface area contributed by atoms with Crippen LogP contribution in [0.5, 0.6) is 11.5 Å². The third-order valence-corrected chi connectivity index (χ3v) is 3.28. The van der Waals surface area contributed by atoms with E-state index in [2.05, 4.69) is 10.9 Å². The highest BCUT2D eigenvalue weighted by atomic mass is 19.1. The van der Waals surface area contributed by atoms with Crippen molar-refractivity contribution in [1.82, 2.24) is 10.9 Å². The van der Waals surface area contributed by atoms with Crippen molar-refractivity contribution in [3.8, 4) is 11.5 Å².